The number of methoxy groups -OCH3 is 1. The van der Waals surface area contributed by atoms with Gasteiger partial charge in [-0.3, -0.25) is 9.59 Å². The van der Waals surface area contributed by atoms with Gasteiger partial charge in [-0.1, -0.05) is 48.5 Å². The fourth-order valence-electron chi connectivity index (χ4n) is 3.27. The summed E-state index contributed by atoms with van der Waals surface area (Å²) in [4.78, 5) is 24.1. The molecule has 0 fully saturated rings. The summed E-state index contributed by atoms with van der Waals surface area (Å²) in [6, 6.07) is 18.0. The lowest BCUT2D eigenvalue weighted by atomic mass is 10.1. The van der Waals surface area contributed by atoms with Crippen LogP contribution in [0.5, 0.6) is 5.75 Å². The van der Waals surface area contributed by atoms with E-state index >= 15 is 0 Å². The van der Waals surface area contributed by atoms with Gasteiger partial charge in [0.2, 0.25) is 21.8 Å². The summed E-state index contributed by atoms with van der Waals surface area (Å²) in [6.45, 7) is 0.133. The number of nitrogens with one attached hydrogen (secondary N) is 2. The van der Waals surface area contributed by atoms with Crippen LogP contribution in [0, 0.1) is 0 Å². The lowest BCUT2D eigenvalue weighted by Crippen LogP contribution is -2.46. The van der Waals surface area contributed by atoms with E-state index in [4.69, 9.17) is 10.5 Å². The number of ether oxygens (including phenoxy) is 1. The van der Waals surface area contributed by atoms with Crippen LogP contribution in [0.1, 0.15) is 18.4 Å². The molecule has 3 aromatic carbocycles. The Balaban J connectivity index is 1.78. The Morgan fingerprint density at radius 2 is 1.69 bits per heavy atom. The summed E-state index contributed by atoms with van der Waals surface area (Å²) in [5.41, 5.74) is 5.95. The molecule has 0 spiro atoms. The molecule has 2 amide bonds. The highest BCUT2D eigenvalue weighted by Gasteiger charge is 2.26. The number of amides is 2. The van der Waals surface area contributed by atoms with Gasteiger partial charge < -0.3 is 15.8 Å². The van der Waals surface area contributed by atoms with Gasteiger partial charge in [0.1, 0.15) is 11.8 Å². The molecule has 0 heterocycles. The average molecular weight is 456 g/mol. The molecule has 9 heteroatoms. The van der Waals surface area contributed by atoms with E-state index in [1.54, 1.807) is 36.4 Å². The van der Waals surface area contributed by atoms with Crippen molar-refractivity contribution in [2.45, 2.75) is 30.3 Å². The minimum atomic E-state index is -4.03. The maximum absolute atomic E-state index is 13.0. The quantitative estimate of drug-likeness (QED) is 0.431. The Labute approximate surface area is 186 Å². The van der Waals surface area contributed by atoms with Crippen molar-refractivity contribution in [1.29, 1.82) is 0 Å². The molecule has 0 aliphatic rings. The van der Waals surface area contributed by atoms with E-state index in [1.807, 2.05) is 18.2 Å². The van der Waals surface area contributed by atoms with Gasteiger partial charge in [0.15, 0.2) is 0 Å². The number of rotatable bonds is 10. The molecule has 0 saturated heterocycles. The number of carbonyl (C=O) groups excluding carboxylic acids is 2. The van der Waals surface area contributed by atoms with Gasteiger partial charge in [0, 0.05) is 18.5 Å². The number of nitrogens with two attached hydrogens (primary N) is 1. The Kier molecular flexibility index (Phi) is 7.45. The lowest BCUT2D eigenvalue weighted by molar-refractivity contribution is -0.123. The van der Waals surface area contributed by atoms with Crippen molar-refractivity contribution in [2.75, 3.05) is 7.11 Å². The van der Waals surface area contributed by atoms with Crippen molar-refractivity contribution >= 4 is 32.6 Å². The first-order valence-corrected chi connectivity index (χ1v) is 11.5. The van der Waals surface area contributed by atoms with E-state index < -0.39 is 27.9 Å². The van der Waals surface area contributed by atoms with Crippen molar-refractivity contribution in [3.8, 4) is 5.75 Å². The first kappa shape index (κ1) is 23.2. The van der Waals surface area contributed by atoms with Gasteiger partial charge in [-0.05, 0) is 35.4 Å². The van der Waals surface area contributed by atoms with Crippen molar-refractivity contribution in [3.63, 3.8) is 0 Å². The van der Waals surface area contributed by atoms with Crippen LogP contribution in [-0.2, 0) is 26.2 Å². The minimum absolute atomic E-state index is 0.0257. The first-order valence-electron chi connectivity index (χ1n) is 9.99. The number of primary amides is 1. The van der Waals surface area contributed by atoms with Crippen LogP contribution in [-0.4, -0.2) is 33.4 Å². The predicted molar refractivity (Wildman–Crippen MR) is 121 cm³/mol. The molecule has 4 N–H and O–H groups in total. The van der Waals surface area contributed by atoms with E-state index in [1.165, 1.54) is 19.2 Å². The van der Waals surface area contributed by atoms with Gasteiger partial charge in [0.25, 0.3) is 0 Å². The average Bonchev–Trinajstić information content (AvgIpc) is 2.79. The summed E-state index contributed by atoms with van der Waals surface area (Å²) < 4.78 is 33.6. The molecule has 0 aromatic heterocycles. The largest absolute Gasteiger partial charge is 0.496 e. The highest BCUT2D eigenvalue weighted by molar-refractivity contribution is 7.89. The molecular weight excluding hydrogens is 430 g/mol. The van der Waals surface area contributed by atoms with Crippen molar-refractivity contribution < 1.29 is 22.7 Å². The molecule has 1 unspecified atom stereocenters. The van der Waals surface area contributed by atoms with Crippen LogP contribution in [0.3, 0.4) is 0 Å². The molecule has 0 saturated carbocycles. The molecule has 0 radical (unpaired) electrons. The van der Waals surface area contributed by atoms with Crippen LogP contribution in [0.25, 0.3) is 10.8 Å². The maximum Gasteiger partial charge on any atom is 0.241 e. The molecule has 0 aliphatic heterocycles. The Morgan fingerprint density at radius 1 is 1.00 bits per heavy atom. The van der Waals surface area contributed by atoms with Crippen LogP contribution in [0.2, 0.25) is 0 Å². The number of carbonyl (C=O) groups is 2. The smallest absolute Gasteiger partial charge is 0.241 e. The number of hydrogen-bond donors (Lipinski definition) is 3. The Hall–Kier alpha value is -3.43. The van der Waals surface area contributed by atoms with Crippen molar-refractivity contribution in [3.05, 3.63) is 72.3 Å². The Morgan fingerprint density at radius 3 is 2.41 bits per heavy atom. The zero-order valence-electron chi connectivity index (χ0n) is 17.6. The summed E-state index contributed by atoms with van der Waals surface area (Å²) in [5.74, 6) is -0.600. The molecule has 3 aromatic rings. The highest BCUT2D eigenvalue weighted by Crippen LogP contribution is 2.20. The maximum atomic E-state index is 13.0. The number of benzene rings is 3. The Bertz CT molecular complexity index is 1230. The predicted octanol–water partition coefficient (Wildman–Crippen LogP) is 2.08. The van der Waals surface area contributed by atoms with Gasteiger partial charge >= 0.3 is 0 Å². The highest BCUT2D eigenvalue weighted by atomic mass is 32.2. The van der Waals surface area contributed by atoms with Gasteiger partial charge in [-0.2, -0.15) is 4.72 Å². The van der Waals surface area contributed by atoms with Gasteiger partial charge in [-0.15, -0.1) is 0 Å². The third-order valence-electron chi connectivity index (χ3n) is 4.97. The molecule has 1 atom stereocenters. The van der Waals surface area contributed by atoms with E-state index in [0.717, 1.165) is 16.3 Å². The van der Waals surface area contributed by atoms with Crippen molar-refractivity contribution in [2.24, 2.45) is 5.73 Å². The number of fused-ring (bicyclic) bond motifs is 1. The fraction of sp³-hybridized carbons (Fsp3) is 0.217. The third kappa shape index (κ3) is 5.83. The second-order valence-corrected chi connectivity index (χ2v) is 8.93. The molecule has 32 heavy (non-hydrogen) atoms. The summed E-state index contributed by atoms with van der Waals surface area (Å²) in [5, 5.41) is 4.35. The number of para-hydroxylation sites is 1. The topological polar surface area (TPSA) is 128 Å². The molecule has 0 bridgehead atoms. The molecule has 0 aliphatic carbocycles. The minimum Gasteiger partial charge on any atom is -0.496 e. The second kappa shape index (κ2) is 10.3. The monoisotopic (exact) mass is 455 g/mol. The van der Waals surface area contributed by atoms with Crippen LogP contribution < -0.4 is 20.5 Å². The standard InChI is InChI=1S/C23H25N3O5S/c1-31-21-9-5-4-8-18(21)15-25-23(28)20(12-13-22(24)27)26-32(29,30)19-11-10-16-6-2-3-7-17(16)14-19/h2-11,14,20,26H,12-13,15H2,1H3,(H2,24,27)(H,25,28). The SMILES string of the molecule is COc1ccccc1CNC(=O)C(CCC(N)=O)NS(=O)(=O)c1ccc2ccccc2c1. The van der Waals surface area contributed by atoms with E-state index in [2.05, 4.69) is 10.0 Å². The zero-order chi connectivity index (χ0) is 23.1. The van der Waals surface area contributed by atoms with Crippen LogP contribution >= 0.6 is 0 Å². The number of hydrogen-bond acceptors (Lipinski definition) is 5. The van der Waals surface area contributed by atoms with Crippen molar-refractivity contribution in [1.82, 2.24) is 10.0 Å². The molecule has 8 nitrogen and oxygen atoms in total. The van der Waals surface area contributed by atoms with E-state index in [9.17, 15) is 18.0 Å². The molecule has 168 valence electrons. The zero-order valence-corrected chi connectivity index (χ0v) is 18.4. The van der Waals surface area contributed by atoms with Crippen LogP contribution in [0.15, 0.2) is 71.6 Å². The molecule has 3 rings (SSSR count). The van der Waals surface area contributed by atoms with Gasteiger partial charge in [-0.25, -0.2) is 8.42 Å². The second-order valence-electron chi connectivity index (χ2n) is 7.22. The first-order chi connectivity index (χ1) is 15.3. The number of sulfonamides is 1. The summed E-state index contributed by atoms with van der Waals surface area (Å²) in [6.07, 6.45) is -0.215. The van der Waals surface area contributed by atoms with Gasteiger partial charge in [0.05, 0.1) is 12.0 Å². The van der Waals surface area contributed by atoms with E-state index in [0.29, 0.717) is 5.75 Å². The summed E-state index contributed by atoms with van der Waals surface area (Å²) >= 11 is 0. The third-order valence-corrected chi connectivity index (χ3v) is 6.44. The summed E-state index contributed by atoms with van der Waals surface area (Å²) in [7, 11) is -2.51. The fourth-order valence-corrected chi connectivity index (χ4v) is 4.54. The lowest BCUT2D eigenvalue weighted by Gasteiger charge is -2.19. The van der Waals surface area contributed by atoms with Crippen LogP contribution in [0.4, 0.5) is 0 Å². The van der Waals surface area contributed by atoms with E-state index in [-0.39, 0.29) is 24.3 Å². The molecular formula is C23H25N3O5S. The normalized spacial score (nSPS) is 12.3.